The summed E-state index contributed by atoms with van der Waals surface area (Å²) in [6, 6.07) is 18.7. The molecule has 0 radical (unpaired) electrons. The van der Waals surface area contributed by atoms with Crippen molar-refractivity contribution in [2.24, 2.45) is 0 Å². The first-order valence-corrected chi connectivity index (χ1v) is 13.2. The van der Waals surface area contributed by atoms with Crippen LogP contribution < -0.4 is 4.74 Å². The smallest absolute Gasteiger partial charge is 0.309 e. The monoisotopic (exact) mass is 468 g/mol. The number of nitrogens with zero attached hydrogens (tertiary/aromatic N) is 1. The van der Waals surface area contributed by atoms with Crippen LogP contribution in [0, 0.1) is 0 Å². The average molecular weight is 469 g/mol. The summed E-state index contributed by atoms with van der Waals surface area (Å²) in [6.45, 7) is 5.91. The maximum absolute atomic E-state index is 12.3. The number of carbonyl (C=O) groups excluding carboxylic acids is 1. The SMILES string of the molecule is CCCCCCCCCc1cccc(OC(C)OC(=O)CCC[N+](C)(C)Cc2ccccc2)c1. The maximum Gasteiger partial charge on any atom is 0.309 e. The van der Waals surface area contributed by atoms with Gasteiger partial charge in [-0.25, -0.2) is 0 Å². The van der Waals surface area contributed by atoms with E-state index >= 15 is 0 Å². The fourth-order valence-corrected chi connectivity index (χ4v) is 4.33. The number of benzene rings is 2. The Labute approximate surface area is 207 Å². The van der Waals surface area contributed by atoms with Gasteiger partial charge in [0.15, 0.2) is 0 Å². The molecule has 4 heteroatoms. The van der Waals surface area contributed by atoms with Crippen molar-refractivity contribution in [3.63, 3.8) is 0 Å². The Balaban J connectivity index is 1.65. The van der Waals surface area contributed by atoms with Crippen molar-refractivity contribution >= 4 is 5.97 Å². The van der Waals surface area contributed by atoms with E-state index in [1.807, 2.05) is 18.2 Å². The Morgan fingerprint density at radius 3 is 2.26 bits per heavy atom. The molecule has 0 aliphatic rings. The van der Waals surface area contributed by atoms with Crippen LogP contribution in [0.3, 0.4) is 0 Å². The fourth-order valence-electron chi connectivity index (χ4n) is 4.33. The highest BCUT2D eigenvalue weighted by Gasteiger charge is 2.18. The first-order chi connectivity index (χ1) is 16.4. The first kappa shape index (κ1) is 27.9. The molecule has 34 heavy (non-hydrogen) atoms. The van der Waals surface area contributed by atoms with Crippen molar-refractivity contribution in [2.45, 2.75) is 90.9 Å². The predicted molar refractivity (Wildman–Crippen MR) is 141 cm³/mol. The van der Waals surface area contributed by atoms with Crippen molar-refractivity contribution in [1.82, 2.24) is 0 Å². The quantitative estimate of drug-likeness (QED) is 0.106. The van der Waals surface area contributed by atoms with E-state index < -0.39 is 6.29 Å². The summed E-state index contributed by atoms with van der Waals surface area (Å²) in [7, 11) is 4.40. The van der Waals surface area contributed by atoms with Crippen molar-refractivity contribution in [3.8, 4) is 5.75 Å². The van der Waals surface area contributed by atoms with Crippen molar-refractivity contribution in [3.05, 3.63) is 65.7 Å². The van der Waals surface area contributed by atoms with Crippen LogP contribution in [0.1, 0.15) is 82.8 Å². The molecule has 1 unspecified atom stereocenters. The summed E-state index contributed by atoms with van der Waals surface area (Å²) in [6.07, 6.45) is 10.9. The van der Waals surface area contributed by atoms with E-state index in [0.717, 1.165) is 36.2 Å². The molecule has 4 nitrogen and oxygen atoms in total. The van der Waals surface area contributed by atoms with Gasteiger partial charge in [0.05, 0.1) is 27.1 Å². The van der Waals surface area contributed by atoms with E-state index in [1.165, 1.54) is 56.1 Å². The second-order valence-electron chi connectivity index (χ2n) is 10.1. The number of quaternary nitrogens is 1. The number of ether oxygens (including phenoxy) is 2. The van der Waals surface area contributed by atoms with Gasteiger partial charge in [0.25, 0.3) is 0 Å². The van der Waals surface area contributed by atoms with Crippen molar-refractivity contribution in [1.29, 1.82) is 0 Å². The number of esters is 1. The molecule has 0 N–H and O–H groups in total. The zero-order valence-electron chi connectivity index (χ0n) is 21.9. The van der Waals surface area contributed by atoms with Gasteiger partial charge in [-0.15, -0.1) is 0 Å². The molecular formula is C30H46NO3+. The molecule has 188 valence electrons. The van der Waals surface area contributed by atoms with Gasteiger partial charge in [-0.2, -0.15) is 0 Å². The number of unbranched alkanes of at least 4 members (excludes halogenated alkanes) is 6. The van der Waals surface area contributed by atoms with Gasteiger partial charge in [0, 0.05) is 18.9 Å². The molecule has 0 bridgehead atoms. The zero-order valence-corrected chi connectivity index (χ0v) is 21.9. The lowest BCUT2D eigenvalue weighted by Gasteiger charge is -2.29. The van der Waals surface area contributed by atoms with Gasteiger partial charge in [0.2, 0.25) is 6.29 Å². The molecule has 0 saturated heterocycles. The van der Waals surface area contributed by atoms with E-state index in [0.29, 0.717) is 6.42 Å². The summed E-state index contributed by atoms with van der Waals surface area (Å²) < 4.78 is 12.2. The van der Waals surface area contributed by atoms with Gasteiger partial charge in [-0.3, -0.25) is 4.79 Å². The molecule has 1 atom stereocenters. The van der Waals surface area contributed by atoms with E-state index in [9.17, 15) is 4.79 Å². The van der Waals surface area contributed by atoms with Crippen LogP contribution in [-0.4, -0.2) is 37.4 Å². The van der Waals surface area contributed by atoms with Crippen LogP contribution in [0.25, 0.3) is 0 Å². The molecule has 0 aliphatic heterocycles. The van der Waals surface area contributed by atoms with Gasteiger partial charge < -0.3 is 14.0 Å². The second kappa shape index (κ2) is 15.5. The minimum atomic E-state index is -0.590. The maximum atomic E-state index is 12.3. The third kappa shape index (κ3) is 12.2. The Morgan fingerprint density at radius 1 is 0.853 bits per heavy atom. The third-order valence-corrected chi connectivity index (χ3v) is 6.16. The van der Waals surface area contributed by atoms with E-state index in [2.05, 4.69) is 57.4 Å². The molecule has 0 amide bonds. The summed E-state index contributed by atoms with van der Waals surface area (Å²) >= 11 is 0. The first-order valence-electron chi connectivity index (χ1n) is 13.2. The normalized spacial score (nSPS) is 12.4. The zero-order chi connectivity index (χ0) is 24.7. The predicted octanol–water partition coefficient (Wildman–Crippen LogP) is 7.30. The van der Waals surface area contributed by atoms with E-state index in [1.54, 1.807) is 6.92 Å². The molecule has 0 aromatic heterocycles. The minimum absolute atomic E-state index is 0.202. The molecule has 2 rings (SSSR count). The molecule has 0 saturated carbocycles. The van der Waals surface area contributed by atoms with Crippen LogP contribution in [0.15, 0.2) is 54.6 Å². The summed E-state index contributed by atoms with van der Waals surface area (Å²) in [5, 5.41) is 0. The highest BCUT2D eigenvalue weighted by atomic mass is 16.7. The molecule has 0 heterocycles. The molecule has 2 aromatic rings. The van der Waals surface area contributed by atoms with Crippen LogP contribution in [0.5, 0.6) is 5.75 Å². The highest BCUT2D eigenvalue weighted by molar-refractivity contribution is 5.69. The van der Waals surface area contributed by atoms with Gasteiger partial charge in [0.1, 0.15) is 12.3 Å². The van der Waals surface area contributed by atoms with Crippen molar-refractivity contribution in [2.75, 3.05) is 20.6 Å². The van der Waals surface area contributed by atoms with E-state index in [4.69, 9.17) is 9.47 Å². The highest BCUT2D eigenvalue weighted by Crippen LogP contribution is 2.18. The summed E-state index contributed by atoms with van der Waals surface area (Å²) in [5.41, 5.74) is 2.59. The lowest BCUT2D eigenvalue weighted by molar-refractivity contribution is -0.903. The fraction of sp³-hybridized carbons (Fsp3) is 0.567. The van der Waals surface area contributed by atoms with Crippen LogP contribution in [0.4, 0.5) is 0 Å². The topological polar surface area (TPSA) is 35.5 Å². The van der Waals surface area contributed by atoms with Gasteiger partial charge >= 0.3 is 5.97 Å². The number of rotatable bonds is 17. The summed E-state index contributed by atoms with van der Waals surface area (Å²) in [5.74, 6) is 0.563. The van der Waals surface area contributed by atoms with Gasteiger partial charge in [-0.05, 0) is 30.5 Å². The number of hydrogen-bond donors (Lipinski definition) is 0. The number of carbonyl (C=O) groups is 1. The average Bonchev–Trinajstić information content (AvgIpc) is 2.79. The molecular weight excluding hydrogens is 422 g/mol. The number of hydrogen-bond acceptors (Lipinski definition) is 3. The Kier molecular flexibility index (Phi) is 12.8. The molecule has 0 spiro atoms. The molecule has 0 aliphatic carbocycles. The van der Waals surface area contributed by atoms with E-state index in [-0.39, 0.29) is 5.97 Å². The second-order valence-corrected chi connectivity index (χ2v) is 10.1. The summed E-state index contributed by atoms with van der Waals surface area (Å²) in [4.78, 5) is 12.3. The van der Waals surface area contributed by atoms with Crippen LogP contribution in [0.2, 0.25) is 0 Å². The Morgan fingerprint density at radius 2 is 1.53 bits per heavy atom. The number of aryl methyl sites for hydroxylation is 1. The van der Waals surface area contributed by atoms with Crippen LogP contribution >= 0.6 is 0 Å². The third-order valence-electron chi connectivity index (χ3n) is 6.16. The van der Waals surface area contributed by atoms with Crippen LogP contribution in [-0.2, 0) is 22.5 Å². The Hall–Kier alpha value is -2.33. The molecule has 0 fully saturated rings. The van der Waals surface area contributed by atoms with Gasteiger partial charge in [-0.1, -0.05) is 87.9 Å². The van der Waals surface area contributed by atoms with Crippen molar-refractivity contribution < 1.29 is 18.8 Å². The largest absolute Gasteiger partial charge is 0.455 e. The Bertz CT molecular complexity index is 819. The molecule has 2 aromatic carbocycles. The lowest BCUT2D eigenvalue weighted by atomic mass is 10.0. The lowest BCUT2D eigenvalue weighted by Crippen LogP contribution is -2.39. The minimum Gasteiger partial charge on any atom is -0.455 e. The standard InChI is InChI=1S/C30H46NO3/c1-5-6-7-8-9-10-12-17-27-20-15-21-29(24-27)33-26(2)34-30(32)22-16-23-31(3,4)25-28-18-13-11-14-19-28/h11,13-15,18-21,24,26H,5-10,12,16-17,22-23,25H2,1-4H3/q+1.